The van der Waals surface area contributed by atoms with E-state index in [0.29, 0.717) is 18.9 Å². The summed E-state index contributed by atoms with van der Waals surface area (Å²) in [5, 5.41) is 3.23. The summed E-state index contributed by atoms with van der Waals surface area (Å²) in [5.41, 5.74) is 0.968. The molecule has 1 amide bonds. The molecule has 1 aromatic rings. The van der Waals surface area contributed by atoms with Gasteiger partial charge in [0.15, 0.2) is 0 Å². The second-order valence-electron chi connectivity index (χ2n) is 5.82. The van der Waals surface area contributed by atoms with Gasteiger partial charge in [0.2, 0.25) is 15.9 Å². The molecule has 2 N–H and O–H groups in total. The zero-order valence-corrected chi connectivity index (χ0v) is 14.5. The molecule has 0 saturated carbocycles. The van der Waals surface area contributed by atoms with Crippen molar-refractivity contribution in [2.75, 3.05) is 27.2 Å². The van der Waals surface area contributed by atoms with Crippen molar-refractivity contribution >= 4 is 15.9 Å². The Morgan fingerprint density at radius 2 is 1.96 bits per heavy atom. The maximum absolute atomic E-state index is 12.3. The lowest BCUT2D eigenvalue weighted by molar-refractivity contribution is -0.132. The van der Waals surface area contributed by atoms with E-state index in [1.165, 1.54) is 7.05 Å². The molecule has 2 rings (SSSR count). The van der Waals surface area contributed by atoms with E-state index in [0.717, 1.165) is 31.5 Å². The van der Waals surface area contributed by atoms with Gasteiger partial charge in [0.25, 0.3) is 0 Å². The van der Waals surface area contributed by atoms with Gasteiger partial charge in [-0.15, -0.1) is 0 Å². The minimum Gasteiger partial charge on any atom is -0.341 e. The molecule has 1 aliphatic heterocycles. The number of carbonyl (C=O) groups excluding carboxylic acids is 1. The summed E-state index contributed by atoms with van der Waals surface area (Å²) in [6, 6.07) is 7.07. The number of likely N-dealkylation sites (N-methyl/N-ethyl adjacent to an activating group) is 1. The maximum atomic E-state index is 12.3. The topological polar surface area (TPSA) is 78.5 Å². The van der Waals surface area contributed by atoms with E-state index in [-0.39, 0.29) is 10.8 Å². The fourth-order valence-corrected chi connectivity index (χ4v) is 3.53. The highest BCUT2D eigenvalue weighted by Crippen LogP contribution is 2.14. The second kappa shape index (κ2) is 7.90. The molecular weight excluding hydrogens is 314 g/mol. The number of hydrogen-bond donors (Lipinski definition) is 2. The van der Waals surface area contributed by atoms with Gasteiger partial charge in [-0.1, -0.05) is 12.1 Å². The lowest BCUT2D eigenvalue weighted by atomic mass is 10.0. The number of sulfonamides is 1. The number of aryl methyl sites for hydroxylation is 1. The van der Waals surface area contributed by atoms with Crippen molar-refractivity contribution in [1.82, 2.24) is 14.9 Å². The fraction of sp³-hybridized carbons (Fsp3) is 0.562. The maximum Gasteiger partial charge on any atom is 0.240 e. The Labute approximate surface area is 138 Å². The van der Waals surface area contributed by atoms with E-state index in [1.54, 1.807) is 24.3 Å². The molecule has 1 heterocycles. The van der Waals surface area contributed by atoms with Crippen LogP contribution in [0.4, 0.5) is 0 Å². The molecule has 1 saturated heterocycles. The lowest BCUT2D eigenvalue weighted by Gasteiger charge is -2.32. The summed E-state index contributed by atoms with van der Waals surface area (Å²) in [7, 11) is -0.0867. The Bertz CT molecular complexity index is 628. The SMILES string of the molecule is CNC1CCCN(C(=O)CCc2ccc(S(=O)(=O)NC)cc2)C1. The summed E-state index contributed by atoms with van der Waals surface area (Å²) >= 11 is 0. The van der Waals surface area contributed by atoms with Gasteiger partial charge in [-0.2, -0.15) is 0 Å². The first-order chi connectivity index (χ1) is 11.0. The molecule has 0 spiro atoms. The van der Waals surface area contributed by atoms with Gasteiger partial charge in [-0.25, -0.2) is 13.1 Å². The predicted molar refractivity (Wildman–Crippen MR) is 89.7 cm³/mol. The molecule has 6 nitrogen and oxygen atoms in total. The van der Waals surface area contributed by atoms with Crippen molar-refractivity contribution in [1.29, 1.82) is 0 Å². The Morgan fingerprint density at radius 3 is 2.57 bits per heavy atom. The Kier molecular flexibility index (Phi) is 6.15. The van der Waals surface area contributed by atoms with Crippen molar-refractivity contribution in [2.45, 2.75) is 36.6 Å². The Balaban J connectivity index is 1.89. The average molecular weight is 339 g/mol. The standard InChI is InChI=1S/C16H25N3O3S/c1-17-14-4-3-11-19(12-14)16(20)10-7-13-5-8-15(9-6-13)23(21,22)18-2/h5-6,8-9,14,17-18H,3-4,7,10-12H2,1-2H3. The molecular formula is C16H25N3O3S. The van der Waals surface area contributed by atoms with E-state index in [2.05, 4.69) is 10.0 Å². The number of hydrogen-bond acceptors (Lipinski definition) is 4. The van der Waals surface area contributed by atoms with Crippen LogP contribution in [-0.2, 0) is 21.2 Å². The van der Waals surface area contributed by atoms with Gasteiger partial charge in [-0.3, -0.25) is 4.79 Å². The Morgan fingerprint density at radius 1 is 1.26 bits per heavy atom. The van der Waals surface area contributed by atoms with Crippen molar-refractivity contribution in [3.63, 3.8) is 0 Å². The van der Waals surface area contributed by atoms with Crippen LogP contribution in [0.25, 0.3) is 0 Å². The molecule has 1 aromatic carbocycles. The van der Waals surface area contributed by atoms with Crippen LogP contribution in [0.5, 0.6) is 0 Å². The number of piperidine rings is 1. The predicted octanol–water partition coefficient (Wildman–Crippen LogP) is 0.738. The third kappa shape index (κ3) is 4.76. The smallest absolute Gasteiger partial charge is 0.240 e. The van der Waals surface area contributed by atoms with Crippen LogP contribution in [0.3, 0.4) is 0 Å². The zero-order valence-electron chi connectivity index (χ0n) is 13.7. The van der Waals surface area contributed by atoms with Crippen LogP contribution >= 0.6 is 0 Å². The van der Waals surface area contributed by atoms with Gasteiger partial charge in [0.05, 0.1) is 4.90 Å². The van der Waals surface area contributed by atoms with Crippen LogP contribution in [0.15, 0.2) is 29.2 Å². The van der Waals surface area contributed by atoms with Crippen LogP contribution in [0, 0.1) is 0 Å². The van der Waals surface area contributed by atoms with E-state index < -0.39 is 10.0 Å². The molecule has 1 atom stereocenters. The van der Waals surface area contributed by atoms with Crippen LogP contribution in [0.2, 0.25) is 0 Å². The number of likely N-dealkylation sites (tertiary alicyclic amines) is 1. The first-order valence-corrected chi connectivity index (χ1v) is 9.42. The molecule has 1 unspecified atom stereocenters. The summed E-state index contributed by atoms with van der Waals surface area (Å²) < 4.78 is 25.6. The second-order valence-corrected chi connectivity index (χ2v) is 7.71. The van der Waals surface area contributed by atoms with Crippen LogP contribution in [0.1, 0.15) is 24.8 Å². The Hall–Kier alpha value is -1.44. The lowest BCUT2D eigenvalue weighted by Crippen LogP contribution is -2.47. The van der Waals surface area contributed by atoms with Crippen molar-refractivity contribution in [3.05, 3.63) is 29.8 Å². The minimum absolute atomic E-state index is 0.164. The molecule has 0 bridgehead atoms. The highest BCUT2D eigenvalue weighted by atomic mass is 32.2. The van der Waals surface area contributed by atoms with E-state index in [9.17, 15) is 13.2 Å². The van der Waals surface area contributed by atoms with E-state index in [1.807, 2.05) is 11.9 Å². The molecule has 0 radical (unpaired) electrons. The molecule has 23 heavy (non-hydrogen) atoms. The largest absolute Gasteiger partial charge is 0.341 e. The highest BCUT2D eigenvalue weighted by Gasteiger charge is 2.22. The number of benzene rings is 1. The quantitative estimate of drug-likeness (QED) is 0.801. The number of nitrogens with zero attached hydrogens (tertiary/aromatic N) is 1. The van der Waals surface area contributed by atoms with E-state index in [4.69, 9.17) is 0 Å². The molecule has 0 aliphatic carbocycles. The van der Waals surface area contributed by atoms with Crippen molar-refractivity contribution < 1.29 is 13.2 Å². The van der Waals surface area contributed by atoms with Crippen molar-refractivity contribution in [3.8, 4) is 0 Å². The van der Waals surface area contributed by atoms with Crippen LogP contribution < -0.4 is 10.0 Å². The molecule has 128 valence electrons. The number of nitrogens with one attached hydrogen (secondary N) is 2. The molecule has 7 heteroatoms. The normalized spacial score (nSPS) is 18.9. The van der Waals surface area contributed by atoms with Gasteiger partial charge < -0.3 is 10.2 Å². The highest BCUT2D eigenvalue weighted by molar-refractivity contribution is 7.89. The monoisotopic (exact) mass is 339 g/mol. The van der Waals surface area contributed by atoms with Gasteiger partial charge >= 0.3 is 0 Å². The summed E-state index contributed by atoms with van der Waals surface area (Å²) in [6.45, 7) is 1.60. The first kappa shape index (κ1) is 17.9. The summed E-state index contributed by atoms with van der Waals surface area (Å²) in [4.78, 5) is 14.5. The van der Waals surface area contributed by atoms with Crippen LogP contribution in [-0.4, -0.2) is 52.5 Å². The minimum atomic E-state index is -3.40. The van der Waals surface area contributed by atoms with Crippen molar-refractivity contribution in [2.24, 2.45) is 0 Å². The zero-order chi connectivity index (χ0) is 16.9. The number of carbonyl (C=O) groups is 1. The first-order valence-electron chi connectivity index (χ1n) is 7.94. The van der Waals surface area contributed by atoms with Gasteiger partial charge in [0, 0.05) is 25.6 Å². The number of rotatable bonds is 6. The van der Waals surface area contributed by atoms with Gasteiger partial charge in [-0.05, 0) is 51.1 Å². The fourth-order valence-electron chi connectivity index (χ4n) is 2.80. The summed E-state index contributed by atoms with van der Waals surface area (Å²) in [5.74, 6) is 0.164. The van der Waals surface area contributed by atoms with E-state index >= 15 is 0 Å². The summed E-state index contributed by atoms with van der Waals surface area (Å²) in [6.07, 6.45) is 3.23. The average Bonchev–Trinajstić information content (AvgIpc) is 2.60. The molecule has 1 fully saturated rings. The third-order valence-electron chi connectivity index (χ3n) is 4.31. The van der Waals surface area contributed by atoms with Gasteiger partial charge in [0.1, 0.15) is 0 Å². The third-order valence-corrected chi connectivity index (χ3v) is 5.74. The molecule has 0 aromatic heterocycles. The molecule has 1 aliphatic rings. The number of amides is 1.